The lowest BCUT2D eigenvalue weighted by molar-refractivity contribution is 0.461. The third kappa shape index (κ3) is 2.99. The summed E-state index contributed by atoms with van der Waals surface area (Å²) < 4.78 is 18.9. The van der Waals surface area contributed by atoms with Crippen LogP contribution in [0.15, 0.2) is 28.7 Å². The molecule has 1 N–H and O–H groups in total. The Morgan fingerprint density at radius 1 is 1.06 bits per heavy atom. The van der Waals surface area contributed by atoms with E-state index in [0.29, 0.717) is 24.2 Å². The van der Waals surface area contributed by atoms with Gasteiger partial charge in [-0.2, -0.15) is 0 Å². The lowest BCUT2D eigenvalue weighted by Crippen LogP contribution is -2.12. The van der Waals surface area contributed by atoms with Gasteiger partial charge in [0.2, 0.25) is 0 Å². The van der Waals surface area contributed by atoms with Crippen molar-refractivity contribution in [3.8, 4) is 0 Å². The first kappa shape index (κ1) is 12.8. The Morgan fingerprint density at radius 2 is 1.72 bits per heavy atom. The monoisotopic (exact) mass is 247 g/mol. The van der Waals surface area contributed by atoms with E-state index in [0.717, 1.165) is 17.1 Å². The SMILES string of the molecule is Cc1ccc(CNCc2cc(C)c(F)c(C)c2)o1. The van der Waals surface area contributed by atoms with Crippen LogP contribution in [0.5, 0.6) is 0 Å². The van der Waals surface area contributed by atoms with Gasteiger partial charge in [0.1, 0.15) is 17.3 Å². The van der Waals surface area contributed by atoms with Gasteiger partial charge in [-0.15, -0.1) is 0 Å². The summed E-state index contributed by atoms with van der Waals surface area (Å²) in [7, 11) is 0. The van der Waals surface area contributed by atoms with Crippen LogP contribution in [0, 0.1) is 26.6 Å². The van der Waals surface area contributed by atoms with Crippen LogP contribution >= 0.6 is 0 Å². The average Bonchev–Trinajstić information content (AvgIpc) is 2.72. The van der Waals surface area contributed by atoms with E-state index in [4.69, 9.17) is 4.42 Å². The largest absolute Gasteiger partial charge is 0.465 e. The minimum atomic E-state index is -0.111. The number of hydrogen-bond acceptors (Lipinski definition) is 2. The molecule has 2 aromatic rings. The summed E-state index contributed by atoms with van der Waals surface area (Å²) in [6, 6.07) is 7.66. The van der Waals surface area contributed by atoms with Crippen molar-refractivity contribution in [3.63, 3.8) is 0 Å². The Morgan fingerprint density at radius 3 is 2.28 bits per heavy atom. The summed E-state index contributed by atoms with van der Waals surface area (Å²) in [6.07, 6.45) is 0. The van der Waals surface area contributed by atoms with Crippen LogP contribution in [-0.2, 0) is 13.1 Å². The molecule has 3 heteroatoms. The highest BCUT2D eigenvalue weighted by Gasteiger charge is 2.04. The van der Waals surface area contributed by atoms with Crippen LogP contribution in [0.3, 0.4) is 0 Å². The van der Waals surface area contributed by atoms with Gasteiger partial charge in [0, 0.05) is 6.54 Å². The predicted molar refractivity (Wildman–Crippen MR) is 69.9 cm³/mol. The van der Waals surface area contributed by atoms with Crippen molar-refractivity contribution >= 4 is 0 Å². The second kappa shape index (κ2) is 5.36. The Bertz CT molecular complexity index is 522. The lowest BCUT2D eigenvalue weighted by Gasteiger charge is -2.07. The molecule has 0 spiro atoms. The van der Waals surface area contributed by atoms with Crippen LogP contribution in [0.2, 0.25) is 0 Å². The number of nitrogens with one attached hydrogen (secondary N) is 1. The first-order valence-corrected chi connectivity index (χ1v) is 6.08. The van der Waals surface area contributed by atoms with Crippen LogP contribution < -0.4 is 5.32 Å². The fourth-order valence-corrected chi connectivity index (χ4v) is 2.05. The van der Waals surface area contributed by atoms with Gasteiger partial charge in [0.15, 0.2) is 0 Å². The fourth-order valence-electron chi connectivity index (χ4n) is 2.05. The highest BCUT2D eigenvalue weighted by Crippen LogP contribution is 2.14. The van der Waals surface area contributed by atoms with Crippen molar-refractivity contribution in [3.05, 3.63) is 58.3 Å². The van der Waals surface area contributed by atoms with Gasteiger partial charge in [0.25, 0.3) is 0 Å². The van der Waals surface area contributed by atoms with E-state index in [-0.39, 0.29) is 5.82 Å². The van der Waals surface area contributed by atoms with Crippen molar-refractivity contribution in [2.24, 2.45) is 0 Å². The van der Waals surface area contributed by atoms with E-state index < -0.39 is 0 Å². The van der Waals surface area contributed by atoms with Crippen LogP contribution in [0.25, 0.3) is 0 Å². The molecule has 0 aliphatic heterocycles. The number of aryl methyl sites for hydroxylation is 3. The standard InChI is InChI=1S/C15H18FNO/c1-10-6-13(7-11(2)15(10)16)8-17-9-14-5-4-12(3)18-14/h4-7,17H,8-9H2,1-3H3. The number of furan rings is 1. The minimum absolute atomic E-state index is 0.111. The van der Waals surface area contributed by atoms with Crippen molar-refractivity contribution in [2.75, 3.05) is 0 Å². The Balaban J connectivity index is 1.94. The summed E-state index contributed by atoms with van der Waals surface area (Å²) >= 11 is 0. The molecule has 0 saturated carbocycles. The van der Waals surface area contributed by atoms with Crippen LogP contribution in [0.4, 0.5) is 4.39 Å². The topological polar surface area (TPSA) is 25.2 Å². The maximum atomic E-state index is 13.5. The van der Waals surface area contributed by atoms with Gasteiger partial charge >= 0.3 is 0 Å². The average molecular weight is 247 g/mol. The molecular weight excluding hydrogens is 229 g/mol. The fraction of sp³-hybridized carbons (Fsp3) is 0.333. The lowest BCUT2D eigenvalue weighted by atomic mass is 10.1. The van der Waals surface area contributed by atoms with E-state index in [1.54, 1.807) is 13.8 Å². The predicted octanol–water partition coefficient (Wildman–Crippen LogP) is 3.63. The molecule has 0 unspecified atom stereocenters. The molecule has 0 saturated heterocycles. The molecule has 2 rings (SSSR count). The molecule has 1 aromatic heterocycles. The number of halogens is 1. The molecule has 0 amide bonds. The number of rotatable bonds is 4. The number of benzene rings is 1. The second-order valence-electron chi connectivity index (χ2n) is 4.66. The van der Waals surface area contributed by atoms with Crippen LogP contribution in [-0.4, -0.2) is 0 Å². The number of hydrogen-bond donors (Lipinski definition) is 1. The normalized spacial score (nSPS) is 10.9. The van der Waals surface area contributed by atoms with Gasteiger partial charge < -0.3 is 9.73 Å². The molecule has 0 aliphatic carbocycles. The quantitative estimate of drug-likeness (QED) is 0.892. The molecule has 96 valence electrons. The maximum Gasteiger partial charge on any atom is 0.129 e. The van der Waals surface area contributed by atoms with Gasteiger partial charge in [-0.1, -0.05) is 12.1 Å². The van der Waals surface area contributed by atoms with E-state index in [1.165, 1.54) is 0 Å². The molecule has 18 heavy (non-hydrogen) atoms. The third-order valence-electron chi connectivity index (χ3n) is 2.92. The molecule has 0 fully saturated rings. The summed E-state index contributed by atoms with van der Waals surface area (Å²) in [5.41, 5.74) is 2.48. The van der Waals surface area contributed by atoms with Gasteiger partial charge in [0.05, 0.1) is 6.54 Å². The van der Waals surface area contributed by atoms with Gasteiger partial charge in [-0.05, 0) is 49.6 Å². The maximum absolute atomic E-state index is 13.5. The van der Waals surface area contributed by atoms with Crippen molar-refractivity contribution in [1.82, 2.24) is 5.32 Å². The Kier molecular flexibility index (Phi) is 3.82. The molecule has 0 atom stereocenters. The summed E-state index contributed by atoms with van der Waals surface area (Å²) in [5.74, 6) is 1.73. The summed E-state index contributed by atoms with van der Waals surface area (Å²) in [6.45, 7) is 6.91. The first-order valence-electron chi connectivity index (χ1n) is 6.08. The highest BCUT2D eigenvalue weighted by atomic mass is 19.1. The molecule has 0 bridgehead atoms. The molecule has 1 aromatic carbocycles. The highest BCUT2D eigenvalue weighted by molar-refractivity contribution is 5.30. The third-order valence-corrected chi connectivity index (χ3v) is 2.92. The molecule has 0 radical (unpaired) electrons. The van der Waals surface area contributed by atoms with Crippen LogP contribution in [0.1, 0.15) is 28.2 Å². The van der Waals surface area contributed by atoms with E-state index in [1.807, 2.05) is 31.2 Å². The molecule has 1 heterocycles. The smallest absolute Gasteiger partial charge is 0.129 e. The van der Waals surface area contributed by atoms with E-state index >= 15 is 0 Å². The second-order valence-corrected chi connectivity index (χ2v) is 4.66. The van der Waals surface area contributed by atoms with Crippen molar-refractivity contribution < 1.29 is 8.81 Å². The summed E-state index contributed by atoms with van der Waals surface area (Å²) in [5, 5.41) is 3.29. The Hall–Kier alpha value is -1.61. The van der Waals surface area contributed by atoms with Crippen molar-refractivity contribution in [2.45, 2.75) is 33.9 Å². The zero-order chi connectivity index (χ0) is 13.1. The Labute approximate surface area is 107 Å². The minimum Gasteiger partial charge on any atom is -0.465 e. The summed E-state index contributed by atoms with van der Waals surface area (Å²) in [4.78, 5) is 0. The zero-order valence-corrected chi connectivity index (χ0v) is 11.0. The zero-order valence-electron chi connectivity index (χ0n) is 11.0. The van der Waals surface area contributed by atoms with E-state index in [2.05, 4.69) is 5.32 Å². The molecule has 2 nitrogen and oxygen atoms in total. The van der Waals surface area contributed by atoms with Crippen molar-refractivity contribution in [1.29, 1.82) is 0 Å². The van der Waals surface area contributed by atoms with E-state index in [9.17, 15) is 4.39 Å². The molecule has 0 aliphatic rings. The molecular formula is C15H18FNO. The van der Waals surface area contributed by atoms with Gasteiger partial charge in [-0.3, -0.25) is 0 Å². The first-order chi connectivity index (χ1) is 8.56. The van der Waals surface area contributed by atoms with Gasteiger partial charge in [-0.25, -0.2) is 4.39 Å².